The van der Waals surface area contributed by atoms with Gasteiger partial charge in [-0.15, -0.1) is 10.2 Å². The van der Waals surface area contributed by atoms with Crippen molar-refractivity contribution in [3.05, 3.63) is 6.33 Å². The van der Waals surface area contributed by atoms with Crippen molar-refractivity contribution >= 4 is 17.7 Å². The van der Waals surface area contributed by atoms with Gasteiger partial charge >= 0.3 is 5.97 Å². The molecule has 0 spiro atoms. The van der Waals surface area contributed by atoms with E-state index in [4.69, 9.17) is 4.74 Å². The van der Waals surface area contributed by atoms with Gasteiger partial charge in [0.05, 0.1) is 5.75 Å². The molecule has 6 heteroatoms. The minimum absolute atomic E-state index is 0.215. The maximum absolute atomic E-state index is 11.6. The van der Waals surface area contributed by atoms with Crippen molar-refractivity contribution in [2.24, 2.45) is 0 Å². The molecule has 0 unspecified atom stereocenters. The second-order valence-electron chi connectivity index (χ2n) is 5.13. The van der Waals surface area contributed by atoms with Gasteiger partial charge in [0.1, 0.15) is 11.9 Å². The summed E-state index contributed by atoms with van der Waals surface area (Å²) in [6, 6.07) is 0.533. The molecule has 1 heterocycles. The van der Waals surface area contributed by atoms with Crippen molar-refractivity contribution in [1.82, 2.24) is 14.8 Å². The molecule has 1 aromatic rings. The number of rotatable bonds is 4. The van der Waals surface area contributed by atoms with Gasteiger partial charge in [0, 0.05) is 6.04 Å². The van der Waals surface area contributed by atoms with Crippen molar-refractivity contribution in [3.63, 3.8) is 0 Å². The van der Waals surface area contributed by atoms with Crippen LogP contribution in [-0.4, -0.2) is 32.1 Å². The van der Waals surface area contributed by atoms with Gasteiger partial charge in [-0.2, -0.15) is 0 Å². The van der Waals surface area contributed by atoms with Crippen LogP contribution in [0.1, 0.15) is 39.7 Å². The van der Waals surface area contributed by atoms with E-state index in [-0.39, 0.29) is 11.7 Å². The van der Waals surface area contributed by atoms with E-state index in [1.807, 2.05) is 25.3 Å². The van der Waals surface area contributed by atoms with Crippen LogP contribution in [0.25, 0.3) is 0 Å². The fraction of sp³-hybridized carbons (Fsp3) is 0.727. The quantitative estimate of drug-likeness (QED) is 0.608. The van der Waals surface area contributed by atoms with Crippen LogP contribution in [0.4, 0.5) is 0 Å². The fourth-order valence-electron chi connectivity index (χ4n) is 1.43. The van der Waals surface area contributed by atoms with Crippen molar-refractivity contribution in [1.29, 1.82) is 0 Å². The van der Waals surface area contributed by atoms with Crippen LogP contribution in [0.2, 0.25) is 0 Å². The van der Waals surface area contributed by atoms with Crippen LogP contribution in [0.3, 0.4) is 0 Å². The number of aromatic nitrogens is 3. The van der Waals surface area contributed by atoms with Crippen LogP contribution < -0.4 is 0 Å². The number of carbonyl (C=O) groups excluding carboxylic acids is 1. The van der Waals surface area contributed by atoms with Gasteiger partial charge in [0.15, 0.2) is 5.16 Å². The van der Waals surface area contributed by atoms with E-state index in [2.05, 4.69) is 10.2 Å². The van der Waals surface area contributed by atoms with E-state index in [9.17, 15) is 4.79 Å². The minimum Gasteiger partial charge on any atom is -0.459 e. The summed E-state index contributed by atoms with van der Waals surface area (Å²) in [6.45, 7) is 5.59. The smallest absolute Gasteiger partial charge is 0.316 e. The summed E-state index contributed by atoms with van der Waals surface area (Å²) in [4.78, 5) is 11.6. The SMILES string of the molecule is CC(C)(C)OC(=O)CSc1nncn1C1CC1. The molecule has 1 aliphatic rings. The Hall–Kier alpha value is -1.04. The van der Waals surface area contributed by atoms with E-state index in [1.165, 1.54) is 24.6 Å². The first kappa shape index (κ1) is 12.4. The average molecular weight is 255 g/mol. The molecule has 0 radical (unpaired) electrons. The summed E-state index contributed by atoms with van der Waals surface area (Å²) in [7, 11) is 0. The maximum atomic E-state index is 11.6. The number of carbonyl (C=O) groups is 1. The lowest BCUT2D eigenvalue weighted by Gasteiger charge is -2.19. The summed E-state index contributed by atoms with van der Waals surface area (Å²) in [6.07, 6.45) is 4.09. The fourth-order valence-corrected chi connectivity index (χ4v) is 2.19. The third kappa shape index (κ3) is 3.73. The highest BCUT2D eigenvalue weighted by atomic mass is 32.2. The normalized spacial score (nSPS) is 15.9. The largest absolute Gasteiger partial charge is 0.459 e. The van der Waals surface area contributed by atoms with Crippen LogP contribution in [0.5, 0.6) is 0 Å². The molecule has 94 valence electrons. The van der Waals surface area contributed by atoms with Crippen LogP contribution in [0, 0.1) is 0 Å². The molecule has 0 amide bonds. The molecule has 0 saturated heterocycles. The van der Waals surface area contributed by atoms with Gasteiger partial charge in [-0.05, 0) is 33.6 Å². The Kier molecular flexibility index (Phi) is 3.42. The minimum atomic E-state index is -0.429. The van der Waals surface area contributed by atoms with E-state index >= 15 is 0 Å². The second kappa shape index (κ2) is 4.68. The Labute approximate surface area is 105 Å². The number of hydrogen-bond acceptors (Lipinski definition) is 5. The first-order valence-electron chi connectivity index (χ1n) is 5.70. The summed E-state index contributed by atoms with van der Waals surface area (Å²) in [5, 5.41) is 8.69. The van der Waals surface area contributed by atoms with Gasteiger partial charge in [-0.1, -0.05) is 11.8 Å². The summed E-state index contributed by atoms with van der Waals surface area (Å²) >= 11 is 1.39. The molecule has 0 bridgehead atoms. The van der Waals surface area contributed by atoms with Gasteiger partial charge in [-0.3, -0.25) is 4.79 Å². The number of hydrogen-bond donors (Lipinski definition) is 0. The molecule has 1 saturated carbocycles. The van der Waals surface area contributed by atoms with Crippen molar-refractivity contribution in [2.45, 2.75) is 50.4 Å². The Morgan fingerprint density at radius 2 is 2.29 bits per heavy atom. The Morgan fingerprint density at radius 1 is 1.59 bits per heavy atom. The van der Waals surface area contributed by atoms with Crippen molar-refractivity contribution in [2.75, 3.05) is 5.75 Å². The van der Waals surface area contributed by atoms with Gasteiger partial charge in [0.25, 0.3) is 0 Å². The molecule has 1 aliphatic carbocycles. The van der Waals surface area contributed by atoms with E-state index in [0.717, 1.165) is 5.16 Å². The van der Waals surface area contributed by atoms with E-state index in [0.29, 0.717) is 6.04 Å². The van der Waals surface area contributed by atoms with Crippen molar-refractivity contribution < 1.29 is 9.53 Å². The number of esters is 1. The second-order valence-corrected chi connectivity index (χ2v) is 6.07. The number of thioether (sulfide) groups is 1. The van der Waals surface area contributed by atoms with Crippen LogP contribution in [-0.2, 0) is 9.53 Å². The van der Waals surface area contributed by atoms with E-state index < -0.39 is 5.60 Å². The Bertz CT molecular complexity index is 407. The Balaban J connectivity index is 1.85. The lowest BCUT2D eigenvalue weighted by atomic mass is 10.2. The zero-order valence-electron chi connectivity index (χ0n) is 10.3. The number of ether oxygens (including phenoxy) is 1. The molecule has 1 fully saturated rings. The molecule has 0 aliphatic heterocycles. The highest BCUT2D eigenvalue weighted by Gasteiger charge is 2.26. The monoisotopic (exact) mass is 255 g/mol. The lowest BCUT2D eigenvalue weighted by Crippen LogP contribution is -2.25. The predicted molar refractivity (Wildman–Crippen MR) is 64.9 cm³/mol. The molecular weight excluding hydrogens is 238 g/mol. The first-order chi connectivity index (χ1) is 7.96. The highest BCUT2D eigenvalue weighted by Crippen LogP contribution is 2.37. The van der Waals surface area contributed by atoms with Gasteiger partial charge in [-0.25, -0.2) is 0 Å². The molecular formula is C11H17N3O2S. The molecule has 5 nitrogen and oxygen atoms in total. The average Bonchev–Trinajstić information content (AvgIpc) is 2.92. The Morgan fingerprint density at radius 3 is 2.88 bits per heavy atom. The molecule has 0 atom stereocenters. The summed E-state index contributed by atoms with van der Waals surface area (Å²) in [5.41, 5.74) is -0.429. The summed E-state index contributed by atoms with van der Waals surface area (Å²) in [5.74, 6) is 0.0655. The summed E-state index contributed by atoms with van der Waals surface area (Å²) < 4.78 is 7.27. The zero-order valence-corrected chi connectivity index (χ0v) is 11.2. The topological polar surface area (TPSA) is 57.0 Å². The molecule has 0 N–H and O–H groups in total. The van der Waals surface area contributed by atoms with Crippen molar-refractivity contribution in [3.8, 4) is 0 Å². The molecule has 0 aromatic carbocycles. The maximum Gasteiger partial charge on any atom is 0.316 e. The molecule has 17 heavy (non-hydrogen) atoms. The molecule has 2 rings (SSSR count). The highest BCUT2D eigenvalue weighted by molar-refractivity contribution is 7.99. The third-order valence-electron chi connectivity index (χ3n) is 2.22. The van der Waals surface area contributed by atoms with Gasteiger partial charge in [0.2, 0.25) is 0 Å². The third-order valence-corrected chi connectivity index (χ3v) is 3.15. The van der Waals surface area contributed by atoms with Crippen LogP contribution in [0.15, 0.2) is 11.5 Å². The number of nitrogens with zero attached hydrogens (tertiary/aromatic N) is 3. The predicted octanol–water partition coefficient (Wildman–Crippen LogP) is 2.05. The van der Waals surface area contributed by atoms with E-state index in [1.54, 1.807) is 6.33 Å². The standard InChI is InChI=1S/C11H17N3O2S/c1-11(2,3)16-9(15)6-17-10-13-12-7-14(10)8-4-5-8/h7-8H,4-6H2,1-3H3. The van der Waals surface area contributed by atoms with Crippen LogP contribution >= 0.6 is 11.8 Å². The first-order valence-corrected chi connectivity index (χ1v) is 6.68. The zero-order chi connectivity index (χ0) is 12.5. The lowest BCUT2D eigenvalue weighted by molar-refractivity contribution is -0.151. The van der Waals surface area contributed by atoms with Gasteiger partial charge < -0.3 is 9.30 Å². The molecule has 1 aromatic heterocycles.